The average molecular weight is 1000 g/mol. The maximum absolute atomic E-state index is 12.9. The molecular weight excluding hydrogens is 877 g/mol. The summed E-state index contributed by atoms with van der Waals surface area (Å²) < 4.78 is 17.0. The molecule has 0 fully saturated rings. The Labute approximate surface area is 444 Å². The average Bonchev–Trinajstić information content (AvgIpc) is 3.37. The Morgan fingerprint density at radius 1 is 0.225 bits per heavy atom. The number of esters is 3. The zero-order valence-corrected chi connectivity index (χ0v) is 48.5. The van der Waals surface area contributed by atoms with Gasteiger partial charge in [0, 0.05) is 19.3 Å². The lowest BCUT2D eigenvalue weighted by atomic mass is 10.0. The van der Waals surface area contributed by atoms with Gasteiger partial charge in [0.2, 0.25) is 0 Å². The number of unbranched alkanes of at least 4 members (excludes halogenated alkanes) is 50. The van der Waals surface area contributed by atoms with Gasteiger partial charge in [0.25, 0.3) is 0 Å². The molecule has 1 atom stereocenters. The summed E-state index contributed by atoms with van der Waals surface area (Å²) >= 11 is 0. The Hall–Kier alpha value is -1.59. The van der Waals surface area contributed by atoms with E-state index in [0.29, 0.717) is 19.3 Å². The third-order valence-corrected chi connectivity index (χ3v) is 15.1. The number of hydrogen-bond acceptors (Lipinski definition) is 6. The Morgan fingerprint density at radius 2 is 0.380 bits per heavy atom. The van der Waals surface area contributed by atoms with Crippen LogP contribution < -0.4 is 0 Å². The van der Waals surface area contributed by atoms with Crippen molar-refractivity contribution in [3.63, 3.8) is 0 Å². The van der Waals surface area contributed by atoms with Crippen molar-refractivity contribution >= 4 is 17.9 Å². The van der Waals surface area contributed by atoms with Gasteiger partial charge in [-0.3, -0.25) is 14.4 Å². The first-order chi connectivity index (χ1) is 35.0. The molecule has 0 radical (unpaired) electrons. The van der Waals surface area contributed by atoms with E-state index < -0.39 is 6.10 Å². The third kappa shape index (κ3) is 59.2. The second kappa shape index (κ2) is 61.0. The minimum atomic E-state index is -0.762. The Morgan fingerprint density at radius 3 is 0.563 bits per heavy atom. The Kier molecular flexibility index (Phi) is 59.6. The molecule has 0 saturated carbocycles. The van der Waals surface area contributed by atoms with Crippen molar-refractivity contribution in [2.45, 2.75) is 386 Å². The zero-order valence-electron chi connectivity index (χ0n) is 48.5. The van der Waals surface area contributed by atoms with Crippen LogP contribution in [0.15, 0.2) is 0 Å². The number of carbonyl (C=O) groups excluding carboxylic acids is 3. The fourth-order valence-corrected chi connectivity index (χ4v) is 10.2. The van der Waals surface area contributed by atoms with E-state index in [2.05, 4.69) is 20.8 Å². The van der Waals surface area contributed by atoms with Gasteiger partial charge in [-0.25, -0.2) is 0 Å². The smallest absolute Gasteiger partial charge is 0.306 e. The predicted octanol–water partition coefficient (Wildman–Crippen LogP) is 21.9. The number of carbonyl (C=O) groups is 3. The molecule has 6 heteroatoms. The van der Waals surface area contributed by atoms with Crippen LogP contribution in [0, 0.1) is 0 Å². The van der Waals surface area contributed by atoms with Crippen molar-refractivity contribution in [1.29, 1.82) is 0 Å². The van der Waals surface area contributed by atoms with E-state index >= 15 is 0 Å². The van der Waals surface area contributed by atoms with Gasteiger partial charge in [-0.15, -0.1) is 0 Å². The molecule has 0 amide bonds. The third-order valence-electron chi connectivity index (χ3n) is 15.1. The first-order valence-electron chi connectivity index (χ1n) is 32.5. The molecule has 422 valence electrons. The highest BCUT2D eigenvalue weighted by molar-refractivity contribution is 5.71. The molecule has 0 N–H and O–H groups in total. The van der Waals surface area contributed by atoms with Gasteiger partial charge in [0.05, 0.1) is 0 Å². The van der Waals surface area contributed by atoms with Gasteiger partial charge >= 0.3 is 17.9 Å². The highest BCUT2D eigenvalue weighted by Crippen LogP contribution is 2.19. The number of hydrogen-bond donors (Lipinski definition) is 0. The van der Waals surface area contributed by atoms with Crippen LogP contribution in [0.1, 0.15) is 380 Å². The molecule has 0 aromatic rings. The van der Waals surface area contributed by atoms with Crippen LogP contribution in [0.5, 0.6) is 0 Å². The van der Waals surface area contributed by atoms with E-state index in [4.69, 9.17) is 14.2 Å². The standard InChI is InChI=1S/C65H126O6/c1-4-7-10-13-16-19-22-25-27-29-31-32-34-36-38-41-43-46-49-52-55-58-64(67)70-61-62(71-65(68)59-56-53-50-47-44-39-24-21-18-15-12-9-6-3)60-69-63(66)57-54-51-48-45-42-40-37-35-33-30-28-26-23-20-17-14-11-8-5-2/h62H,4-61H2,1-3H3. The van der Waals surface area contributed by atoms with Crippen LogP contribution in [0.25, 0.3) is 0 Å². The first-order valence-corrected chi connectivity index (χ1v) is 32.5. The molecule has 6 nitrogen and oxygen atoms in total. The van der Waals surface area contributed by atoms with Crippen molar-refractivity contribution < 1.29 is 28.6 Å². The molecule has 0 aliphatic heterocycles. The topological polar surface area (TPSA) is 78.9 Å². The van der Waals surface area contributed by atoms with E-state index in [-0.39, 0.29) is 31.1 Å². The highest BCUT2D eigenvalue weighted by atomic mass is 16.6. The SMILES string of the molecule is CCCCCCCCCCCCCCCCCCCCCCCC(=O)OCC(COC(=O)CCCCCCCCCCCCCCCCCCCCC)OC(=O)CCCCCCCCCCCCCCC. The first kappa shape index (κ1) is 69.4. The fraction of sp³-hybridized carbons (Fsp3) is 0.954. The molecule has 0 spiro atoms. The van der Waals surface area contributed by atoms with E-state index in [0.717, 1.165) is 57.8 Å². The summed E-state index contributed by atoms with van der Waals surface area (Å²) in [5, 5.41) is 0. The largest absolute Gasteiger partial charge is 0.462 e. The maximum Gasteiger partial charge on any atom is 0.306 e. The quantitative estimate of drug-likeness (QED) is 0.0343. The highest BCUT2D eigenvalue weighted by Gasteiger charge is 2.19. The lowest BCUT2D eigenvalue weighted by Crippen LogP contribution is -2.30. The molecule has 0 aliphatic carbocycles. The normalized spacial score (nSPS) is 11.9. The van der Waals surface area contributed by atoms with Crippen molar-refractivity contribution in [1.82, 2.24) is 0 Å². The van der Waals surface area contributed by atoms with Crippen molar-refractivity contribution in [3.05, 3.63) is 0 Å². The van der Waals surface area contributed by atoms with Gasteiger partial charge < -0.3 is 14.2 Å². The lowest BCUT2D eigenvalue weighted by Gasteiger charge is -2.18. The van der Waals surface area contributed by atoms with E-state index in [1.54, 1.807) is 0 Å². The van der Waals surface area contributed by atoms with E-state index in [1.165, 1.54) is 283 Å². The maximum atomic E-state index is 12.9. The summed E-state index contributed by atoms with van der Waals surface area (Å²) in [5.74, 6) is -0.825. The van der Waals surface area contributed by atoms with Gasteiger partial charge in [0.15, 0.2) is 6.10 Å². The zero-order chi connectivity index (χ0) is 51.4. The lowest BCUT2D eigenvalue weighted by molar-refractivity contribution is -0.167. The van der Waals surface area contributed by atoms with Gasteiger partial charge in [0.1, 0.15) is 13.2 Å². The molecule has 71 heavy (non-hydrogen) atoms. The Bertz CT molecular complexity index is 1060. The summed E-state index contributed by atoms with van der Waals surface area (Å²) in [5.41, 5.74) is 0. The molecule has 0 saturated heterocycles. The molecule has 0 rings (SSSR count). The second-order valence-corrected chi connectivity index (χ2v) is 22.4. The van der Waals surface area contributed by atoms with Crippen LogP contribution in [-0.2, 0) is 28.6 Å². The minimum Gasteiger partial charge on any atom is -0.462 e. The minimum absolute atomic E-state index is 0.0605. The second-order valence-electron chi connectivity index (χ2n) is 22.4. The van der Waals surface area contributed by atoms with Crippen molar-refractivity contribution in [2.24, 2.45) is 0 Å². The molecule has 0 aliphatic rings. The monoisotopic (exact) mass is 1000 g/mol. The van der Waals surface area contributed by atoms with Crippen LogP contribution in [-0.4, -0.2) is 37.2 Å². The molecule has 0 bridgehead atoms. The Balaban J connectivity index is 4.22. The van der Waals surface area contributed by atoms with Gasteiger partial charge in [-0.1, -0.05) is 342 Å². The van der Waals surface area contributed by atoms with Crippen LogP contribution >= 0.6 is 0 Å². The van der Waals surface area contributed by atoms with Gasteiger partial charge in [-0.2, -0.15) is 0 Å². The molecule has 0 aromatic carbocycles. The van der Waals surface area contributed by atoms with Crippen molar-refractivity contribution in [3.8, 4) is 0 Å². The molecular formula is C65H126O6. The van der Waals surface area contributed by atoms with Crippen LogP contribution in [0.4, 0.5) is 0 Å². The fourth-order valence-electron chi connectivity index (χ4n) is 10.2. The van der Waals surface area contributed by atoms with Crippen molar-refractivity contribution in [2.75, 3.05) is 13.2 Å². The summed E-state index contributed by atoms with van der Waals surface area (Å²) in [6.07, 6.45) is 69.7. The summed E-state index contributed by atoms with van der Waals surface area (Å²) in [6, 6.07) is 0. The van der Waals surface area contributed by atoms with E-state index in [1.807, 2.05) is 0 Å². The molecule has 0 aromatic heterocycles. The van der Waals surface area contributed by atoms with Crippen LogP contribution in [0.2, 0.25) is 0 Å². The summed E-state index contributed by atoms with van der Waals surface area (Å²) in [4.78, 5) is 38.3. The number of ether oxygens (including phenoxy) is 3. The molecule has 0 heterocycles. The predicted molar refractivity (Wildman–Crippen MR) is 307 cm³/mol. The van der Waals surface area contributed by atoms with Gasteiger partial charge in [-0.05, 0) is 19.3 Å². The van der Waals surface area contributed by atoms with Crippen LogP contribution in [0.3, 0.4) is 0 Å². The molecule has 1 unspecified atom stereocenters. The summed E-state index contributed by atoms with van der Waals surface area (Å²) in [6.45, 7) is 6.73. The van der Waals surface area contributed by atoms with E-state index in [9.17, 15) is 14.4 Å². The number of rotatable bonds is 61. The summed E-state index contributed by atoms with van der Waals surface area (Å²) in [7, 11) is 0.